The molecular formula is C13H11F3OS. The van der Waals surface area contributed by atoms with E-state index in [1.54, 1.807) is 0 Å². The second-order valence-electron chi connectivity index (χ2n) is 3.99. The van der Waals surface area contributed by atoms with Crippen LogP contribution in [0.2, 0.25) is 0 Å². The summed E-state index contributed by atoms with van der Waals surface area (Å²) < 4.78 is 37.2. The van der Waals surface area contributed by atoms with Crippen molar-refractivity contribution in [2.24, 2.45) is 0 Å². The van der Waals surface area contributed by atoms with E-state index >= 15 is 0 Å². The minimum atomic E-state index is -4.34. The van der Waals surface area contributed by atoms with E-state index in [1.165, 1.54) is 23.5 Å². The van der Waals surface area contributed by atoms with Crippen LogP contribution in [0.3, 0.4) is 0 Å². The zero-order valence-electron chi connectivity index (χ0n) is 9.53. The monoisotopic (exact) mass is 272 g/mol. The standard InChI is InChI=1S/C13H11F3OS/c1-8-6-7-18-12(8)11(17)9-2-4-10(5-3-9)13(14,15)16/h2-7,11,17H,1H3. The van der Waals surface area contributed by atoms with Gasteiger partial charge in [0.25, 0.3) is 0 Å². The Labute approximate surface area is 107 Å². The molecule has 0 fully saturated rings. The van der Waals surface area contributed by atoms with E-state index in [4.69, 9.17) is 0 Å². The highest BCUT2D eigenvalue weighted by Crippen LogP contribution is 2.32. The molecule has 1 nitrogen and oxygen atoms in total. The average Bonchev–Trinajstić information content (AvgIpc) is 2.73. The summed E-state index contributed by atoms with van der Waals surface area (Å²) in [5, 5.41) is 11.9. The molecule has 0 bridgehead atoms. The number of aliphatic hydroxyl groups excluding tert-OH is 1. The highest BCUT2D eigenvalue weighted by atomic mass is 32.1. The molecule has 0 aliphatic heterocycles. The van der Waals surface area contributed by atoms with Gasteiger partial charge >= 0.3 is 6.18 Å². The number of halogens is 3. The van der Waals surface area contributed by atoms with Gasteiger partial charge in [0.05, 0.1) is 5.56 Å². The van der Waals surface area contributed by atoms with Crippen LogP contribution in [0.4, 0.5) is 13.2 Å². The summed E-state index contributed by atoms with van der Waals surface area (Å²) in [4.78, 5) is 0.759. The maximum atomic E-state index is 12.4. The van der Waals surface area contributed by atoms with E-state index in [-0.39, 0.29) is 0 Å². The molecule has 0 saturated heterocycles. The first-order valence-corrected chi connectivity index (χ1v) is 6.17. The van der Waals surface area contributed by atoms with Crippen molar-refractivity contribution in [2.75, 3.05) is 0 Å². The molecule has 0 saturated carbocycles. The zero-order valence-corrected chi connectivity index (χ0v) is 10.3. The average molecular weight is 272 g/mol. The maximum absolute atomic E-state index is 12.4. The molecule has 1 aromatic carbocycles. The number of rotatable bonds is 2. The van der Waals surface area contributed by atoms with Gasteiger partial charge in [-0.2, -0.15) is 13.2 Å². The summed E-state index contributed by atoms with van der Waals surface area (Å²) >= 11 is 1.39. The number of aliphatic hydroxyl groups is 1. The number of thiophene rings is 1. The van der Waals surface area contributed by atoms with Crippen molar-refractivity contribution < 1.29 is 18.3 Å². The van der Waals surface area contributed by atoms with Crippen LogP contribution >= 0.6 is 11.3 Å². The number of hydrogen-bond donors (Lipinski definition) is 1. The van der Waals surface area contributed by atoms with Crippen molar-refractivity contribution in [2.45, 2.75) is 19.2 Å². The highest BCUT2D eigenvalue weighted by molar-refractivity contribution is 7.10. The Morgan fingerprint density at radius 2 is 1.72 bits per heavy atom. The lowest BCUT2D eigenvalue weighted by Gasteiger charge is -2.12. The molecule has 0 radical (unpaired) electrons. The van der Waals surface area contributed by atoms with E-state index in [2.05, 4.69) is 0 Å². The Kier molecular flexibility index (Phi) is 3.45. The van der Waals surface area contributed by atoms with Crippen molar-refractivity contribution in [1.82, 2.24) is 0 Å². The Morgan fingerprint density at radius 3 is 2.17 bits per heavy atom. The first kappa shape index (κ1) is 13.1. The van der Waals surface area contributed by atoms with Crippen LogP contribution in [-0.4, -0.2) is 5.11 Å². The van der Waals surface area contributed by atoms with E-state index in [9.17, 15) is 18.3 Å². The van der Waals surface area contributed by atoms with Gasteiger partial charge in [0.15, 0.2) is 0 Å². The maximum Gasteiger partial charge on any atom is 0.416 e. The lowest BCUT2D eigenvalue weighted by atomic mass is 10.0. The third-order valence-corrected chi connectivity index (χ3v) is 3.78. The van der Waals surface area contributed by atoms with Gasteiger partial charge in [0, 0.05) is 4.88 Å². The normalized spacial score (nSPS) is 13.6. The molecule has 0 aliphatic rings. The summed E-state index contributed by atoms with van der Waals surface area (Å²) in [5.41, 5.74) is 0.697. The zero-order chi connectivity index (χ0) is 13.3. The molecule has 1 unspecified atom stereocenters. The predicted molar refractivity (Wildman–Crippen MR) is 64.6 cm³/mol. The Balaban J connectivity index is 2.28. The van der Waals surface area contributed by atoms with Gasteiger partial charge in [-0.1, -0.05) is 12.1 Å². The minimum absolute atomic E-state index is 0.466. The van der Waals surface area contributed by atoms with Crippen molar-refractivity contribution in [3.05, 3.63) is 57.3 Å². The highest BCUT2D eigenvalue weighted by Gasteiger charge is 2.30. The molecule has 1 atom stereocenters. The molecule has 18 heavy (non-hydrogen) atoms. The third-order valence-electron chi connectivity index (χ3n) is 2.70. The molecule has 96 valence electrons. The second-order valence-corrected chi connectivity index (χ2v) is 4.94. The van der Waals surface area contributed by atoms with E-state index in [0.717, 1.165) is 22.6 Å². The van der Waals surface area contributed by atoms with E-state index in [1.807, 2.05) is 18.4 Å². The van der Waals surface area contributed by atoms with Crippen LogP contribution in [0.1, 0.15) is 27.7 Å². The molecule has 2 rings (SSSR count). The van der Waals surface area contributed by atoms with Crippen molar-refractivity contribution >= 4 is 11.3 Å². The first-order valence-electron chi connectivity index (χ1n) is 5.29. The van der Waals surface area contributed by atoms with Crippen LogP contribution in [0.25, 0.3) is 0 Å². The van der Waals surface area contributed by atoms with Crippen LogP contribution in [-0.2, 0) is 6.18 Å². The smallest absolute Gasteiger partial charge is 0.383 e. The Hall–Kier alpha value is -1.33. The fourth-order valence-corrected chi connectivity index (χ4v) is 2.61. The first-order chi connectivity index (χ1) is 8.39. The topological polar surface area (TPSA) is 20.2 Å². The van der Waals surface area contributed by atoms with Gasteiger partial charge in [0.2, 0.25) is 0 Å². The third kappa shape index (κ3) is 2.57. The summed E-state index contributed by atoms with van der Waals surface area (Å²) in [6.45, 7) is 1.86. The molecule has 0 amide bonds. The quantitative estimate of drug-likeness (QED) is 0.870. The molecular weight excluding hydrogens is 261 g/mol. The molecule has 1 heterocycles. The predicted octanol–water partition coefficient (Wildman–Crippen LogP) is 4.16. The Bertz CT molecular complexity index is 528. The molecule has 2 aromatic rings. The van der Waals surface area contributed by atoms with Gasteiger partial charge in [-0.05, 0) is 41.6 Å². The number of aryl methyl sites for hydroxylation is 1. The molecule has 0 spiro atoms. The Morgan fingerprint density at radius 1 is 1.11 bits per heavy atom. The fraction of sp³-hybridized carbons (Fsp3) is 0.231. The lowest BCUT2D eigenvalue weighted by molar-refractivity contribution is -0.137. The van der Waals surface area contributed by atoms with Gasteiger partial charge < -0.3 is 5.11 Å². The van der Waals surface area contributed by atoms with Crippen molar-refractivity contribution in [3.63, 3.8) is 0 Å². The summed E-state index contributed by atoms with van der Waals surface area (Å²) in [7, 11) is 0. The fourth-order valence-electron chi connectivity index (χ4n) is 1.67. The SMILES string of the molecule is Cc1ccsc1C(O)c1ccc(C(F)(F)F)cc1. The van der Waals surface area contributed by atoms with Gasteiger partial charge in [-0.15, -0.1) is 11.3 Å². The van der Waals surface area contributed by atoms with Crippen molar-refractivity contribution in [3.8, 4) is 0 Å². The van der Waals surface area contributed by atoms with Gasteiger partial charge in [-0.3, -0.25) is 0 Å². The van der Waals surface area contributed by atoms with Crippen LogP contribution < -0.4 is 0 Å². The van der Waals surface area contributed by atoms with Crippen molar-refractivity contribution in [1.29, 1.82) is 0 Å². The van der Waals surface area contributed by atoms with Crippen LogP contribution in [0.5, 0.6) is 0 Å². The van der Waals surface area contributed by atoms with Crippen LogP contribution in [0, 0.1) is 6.92 Å². The molecule has 1 aromatic heterocycles. The number of alkyl halides is 3. The molecule has 1 N–H and O–H groups in total. The van der Waals surface area contributed by atoms with Gasteiger partial charge in [0.1, 0.15) is 6.10 Å². The molecule has 0 aliphatic carbocycles. The van der Waals surface area contributed by atoms with Crippen LogP contribution in [0.15, 0.2) is 35.7 Å². The lowest BCUT2D eigenvalue weighted by Crippen LogP contribution is -2.05. The largest absolute Gasteiger partial charge is 0.416 e. The van der Waals surface area contributed by atoms with E-state index < -0.39 is 17.8 Å². The number of hydrogen-bond acceptors (Lipinski definition) is 2. The summed E-state index contributed by atoms with van der Waals surface area (Å²) in [6.07, 6.45) is -5.21. The summed E-state index contributed by atoms with van der Waals surface area (Å²) in [6, 6.07) is 6.47. The number of benzene rings is 1. The molecule has 5 heteroatoms. The summed E-state index contributed by atoms with van der Waals surface area (Å²) in [5.74, 6) is 0. The minimum Gasteiger partial charge on any atom is -0.383 e. The van der Waals surface area contributed by atoms with Gasteiger partial charge in [-0.25, -0.2) is 0 Å². The van der Waals surface area contributed by atoms with E-state index in [0.29, 0.717) is 5.56 Å². The second kappa shape index (κ2) is 4.74.